The monoisotopic (exact) mass is 232 g/mol. The van der Waals surface area contributed by atoms with E-state index in [1.165, 1.54) is 6.20 Å². The van der Waals surface area contributed by atoms with Crippen LogP contribution < -0.4 is 0 Å². The first-order valence-corrected chi connectivity index (χ1v) is 5.11. The molecule has 2 aromatic rings. The molecule has 0 spiro atoms. The minimum Gasteiger partial charge on any atom is -0.508 e. The lowest BCUT2D eigenvalue weighted by molar-refractivity contribution is 0.0696. The Kier molecular flexibility index (Phi) is 2.82. The lowest BCUT2D eigenvalue weighted by Gasteiger charge is -2.05. The highest BCUT2D eigenvalue weighted by Gasteiger charge is 2.12. The third-order valence-corrected chi connectivity index (χ3v) is 2.58. The molecular formula is C12H12N2O3. The van der Waals surface area contributed by atoms with Gasteiger partial charge in [0.05, 0.1) is 18.4 Å². The van der Waals surface area contributed by atoms with Gasteiger partial charge in [0.1, 0.15) is 11.3 Å². The lowest BCUT2D eigenvalue weighted by Crippen LogP contribution is -2.05. The van der Waals surface area contributed by atoms with Crippen molar-refractivity contribution in [2.45, 2.75) is 13.5 Å². The number of carbonyl (C=O) groups is 1. The van der Waals surface area contributed by atoms with E-state index in [4.69, 9.17) is 5.11 Å². The van der Waals surface area contributed by atoms with Crippen molar-refractivity contribution in [2.75, 3.05) is 0 Å². The molecule has 0 atom stereocenters. The number of hydrogen-bond acceptors (Lipinski definition) is 3. The SMILES string of the molecule is Cc1c(C(=O)O)cnn1Cc1cccc(O)c1. The first-order valence-electron chi connectivity index (χ1n) is 5.11. The molecule has 17 heavy (non-hydrogen) atoms. The van der Waals surface area contributed by atoms with Gasteiger partial charge in [-0.05, 0) is 24.6 Å². The van der Waals surface area contributed by atoms with E-state index < -0.39 is 5.97 Å². The Balaban J connectivity index is 2.28. The molecule has 0 aliphatic heterocycles. The summed E-state index contributed by atoms with van der Waals surface area (Å²) in [6.45, 7) is 2.15. The molecule has 0 aliphatic carbocycles. The van der Waals surface area contributed by atoms with Crippen molar-refractivity contribution in [3.05, 3.63) is 47.3 Å². The van der Waals surface area contributed by atoms with Crippen LogP contribution in [0.25, 0.3) is 0 Å². The summed E-state index contributed by atoms with van der Waals surface area (Å²) in [6.07, 6.45) is 1.33. The smallest absolute Gasteiger partial charge is 0.339 e. The van der Waals surface area contributed by atoms with Crippen LogP contribution in [0.3, 0.4) is 0 Å². The largest absolute Gasteiger partial charge is 0.508 e. The summed E-state index contributed by atoms with van der Waals surface area (Å²) in [5.74, 6) is -0.796. The van der Waals surface area contributed by atoms with E-state index in [2.05, 4.69) is 5.10 Å². The average molecular weight is 232 g/mol. The van der Waals surface area contributed by atoms with Crippen LogP contribution in [0.5, 0.6) is 5.75 Å². The number of nitrogens with zero attached hydrogens (tertiary/aromatic N) is 2. The number of carboxylic acid groups (broad SMARTS) is 1. The molecule has 2 N–H and O–H groups in total. The summed E-state index contributed by atoms with van der Waals surface area (Å²) in [4.78, 5) is 10.8. The van der Waals surface area contributed by atoms with Crippen molar-refractivity contribution in [2.24, 2.45) is 0 Å². The fourth-order valence-corrected chi connectivity index (χ4v) is 1.64. The Morgan fingerprint density at radius 3 is 2.82 bits per heavy atom. The van der Waals surface area contributed by atoms with Crippen molar-refractivity contribution in [1.29, 1.82) is 0 Å². The van der Waals surface area contributed by atoms with Gasteiger partial charge in [-0.25, -0.2) is 4.79 Å². The van der Waals surface area contributed by atoms with Crippen LogP contribution in [0, 0.1) is 6.92 Å². The molecule has 5 nitrogen and oxygen atoms in total. The number of hydrogen-bond donors (Lipinski definition) is 2. The zero-order chi connectivity index (χ0) is 12.4. The molecule has 5 heteroatoms. The summed E-state index contributed by atoms with van der Waals surface area (Å²) >= 11 is 0. The maximum absolute atomic E-state index is 10.8. The predicted octanol–water partition coefficient (Wildman–Crippen LogP) is 1.64. The molecule has 0 fully saturated rings. The van der Waals surface area contributed by atoms with Crippen LogP contribution in [-0.2, 0) is 6.54 Å². The zero-order valence-electron chi connectivity index (χ0n) is 9.29. The number of phenols is 1. The minimum atomic E-state index is -0.982. The van der Waals surface area contributed by atoms with Crippen LogP contribution in [0.4, 0.5) is 0 Å². The lowest BCUT2D eigenvalue weighted by atomic mass is 10.2. The number of benzene rings is 1. The number of phenolic OH excluding ortho intramolecular Hbond substituents is 1. The van der Waals surface area contributed by atoms with Gasteiger partial charge >= 0.3 is 5.97 Å². The number of aromatic hydroxyl groups is 1. The van der Waals surface area contributed by atoms with Gasteiger partial charge in [-0.3, -0.25) is 4.68 Å². The van der Waals surface area contributed by atoms with Gasteiger partial charge < -0.3 is 10.2 Å². The Bertz CT molecular complexity index is 561. The molecule has 1 aromatic heterocycles. The molecule has 0 saturated heterocycles. The minimum absolute atomic E-state index is 0.186. The highest BCUT2D eigenvalue weighted by molar-refractivity contribution is 5.88. The molecule has 88 valence electrons. The van der Waals surface area contributed by atoms with Crippen LogP contribution in [0.15, 0.2) is 30.5 Å². The van der Waals surface area contributed by atoms with E-state index in [0.717, 1.165) is 5.56 Å². The fraction of sp³-hybridized carbons (Fsp3) is 0.167. The summed E-state index contributed by atoms with van der Waals surface area (Å²) in [5.41, 5.74) is 1.67. The van der Waals surface area contributed by atoms with Gasteiger partial charge in [0.15, 0.2) is 0 Å². The van der Waals surface area contributed by atoms with E-state index >= 15 is 0 Å². The van der Waals surface area contributed by atoms with Gasteiger partial charge in [-0.15, -0.1) is 0 Å². The Hall–Kier alpha value is -2.30. The number of aromatic nitrogens is 2. The second-order valence-electron chi connectivity index (χ2n) is 3.78. The molecule has 0 unspecified atom stereocenters. The highest BCUT2D eigenvalue weighted by Crippen LogP contribution is 2.14. The van der Waals surface area contributed by atoms with Crippen LogP contribution in [0.2, 0.25) is 0 Å². The maximum atomic E-state index is 10.8. The topological polar surface area (TPSA) is 75.3 Å². The summed E-state index contributed by atoms with van der Waals surface area (Å²) < 4.78 is 1.60. The Morgan fingerprint density at radius 2 is 2.24 bits per heavy atom. The van der Waals surface area contributed by atoms with Gasteiger partial charge in [0, 0.05) is 0 Å². The second kappa shape index (κ2) is 4.29. The van der Waals surface area contributed by atoms with Crippen LogP contribution >= 0.6 is 0 Å². The Labute approximate surface area is 97.9 Å². The van der Waals surface area contributed by atoms with Gasteiger partial charge in [0.25, 0.3) is 0 Å². The standard InChI is InChI=1S/C12H12N2O3/c1-8-11(12(16)17)6-13-14(8)7-9-3-2-4-10(15)5-9/h2-6,15H,7H2,1H3,(H,16,17). The summed E-state index contributed by atoms with van der Waals surface area (Å²) in [7, 11) is 0. The Morgan fingerprint density at radius 1 is 1.47 bits per heavy atom. The molecule has 1 heterocycles. The predicted molar refractivity (Wildman–Crippen MR) is 61.1 cm³/mol. The first kappa shape index (κ1) is 11.2. The maximum Gasteiger partial charge on any atom is 0.339 e. The zero-order valence-corrected chi connectivity index (χ0v) is 9.29. The van der Waals surface area contributed by atoms with Crippen molar-refractivity contribution >= 4 is 5.97 Å². The van der Waals surface area contributed by atoms with Crippen LogP contribution in [0.1, 0.15) is 21.6 Å². The molecular weight excluding hydrogens is 220 g/mol. The molecule has 0 radical (unpaired) electrons. The normalized spacial score (nSPS) is 10.4. The van der Waals surface area contributed by atoms with E-state index in [1.54, 1.807) is 29.8 Å². The quantitative estimate of drug-likeness (QED) is 0.843. The summed E-state index contributed by atoms with van der Waals surface area (Å²) in [5, 5.41) is 22.2. The molecule has 1 aromatic carbocycles. The second-order valence-corrected chi connectivity index (χ2v) is 3.78. The molecule has 0 aliphatic rings. The van der Waals surface area contributed by atoms with Gasteiger partial charge in [0.2, 0.25) is 0 Å². The molecule has 0 amide bonds. The molecule has 0 saturated carbocycles. The third kappa shape index (κ3) is 2.28. The number of rotatable bonds is 3. The highest BCUT2D eigenvalue weighted by atomic mass is 16.4. The van der Waals surface area contributed by atoms with E-state index in [1.807, 2.05) is 6.07 Å². The molecule has 2 rings (SSSR count). The van der Waals surface area contributed by atoms with Crippen molar-refractivity contribution < 1.29 is 15.0 Å². The average Bonchev–Trinajstić information content (AvgIpc) is 2.61. The van der Waals surface area contributed by atoms with Gasteiger partial charge in [-0.1, -0.05) is 12.1 Å². The van der Waals surface area contributed by atoms with Crippen LogP contribution in [-0.4, -0.2) is 26.0 Å². The third-order valence-electron chi connectivity index (χ3n) is 2.58. The molecule has 0 bridgehead atoms. The van der Waals surface area contributed by atoms with E-state index in [9.17, 15) is 9.90 Å². The van der Waals surface area contributed by atoms with E-state index in [-0.39, 0.29) is 11.3 Å². The van der Waals surface area contributed by atoms with Gasteiger partial charge in [-0.2, -0.15) is 5.10 Å². The van der Waals surface area contributed by atoms with Crippen molar-refractivity contribution in [3.8, 4) is 5.75 Å². The van der Waals surface area contributed by atoms with Crippen molar-refractivity contribution in [3.63, 3.8) is 0 Å². The van der Waals surface area contributed by atoms with E-state index in [0.29, 0.717) is 12.2 Å². The van der Waals surface area contributed by atoms with Crippen molar-refractivity contribution in [1.82, 2.24) is 9.78 Å². The summed E-state index contributed by atoms with van der Waals surface area (Å²) in [6, 6.07) is 6.80. The fourth-order valence-electron chi connectivity index (χ4n) is 1.64. The first-order chi connectivity index (χ1) is 8.08. The number of aromatic carboxylic acids is 1. The number of carboxylic acids is 1.